The lowest BCUT2D eigenvalue weighted by Crippen LogP contribution is -2.34. The summed E-state index contributed by atoms with van der Waals surface area (Å²) < 4.78 is 127. The molecule has 1 saturated heterocycles. The Hall–Kier alpha value is -4.72. The number of carbonyl (C=O) groups is 3. The van der Waals surface area contributed by atoms with Gasteiger partial charge in [-0.05, 0) is 74.4 Å². The van der Waals surface area contributed by atoms with Crippen LogP contribution in [0.15, 0.2) is 66.5 Å². The molecule has 1 aromatic heterocycles. The number of alkyl halides is 3. The summed E-state index contributed by atoms with van der Waals surface area (Å²) in [6.07, 6.45) is 3.28. The van der Waals surface area contributed by atoms with Gasteiger partial charge in [0.25, 0.3) is 21.9 Å². The van der Waals surface area contributed by atoms with Crippen LogP contribution in [0.4, 0.5) is 23.2 Å². The lowest BCUT2D eigenvalue weighted by Gasteiger charge is -2.31. The number of benzene rings is 2. The minimum absolute atomic E-state index is 0. The number of nitrogens with zero attached hydrogens (tertiary/aromatic N) is 3. The van der Waals surface area contributed by atoms with Gasteiger partial charge in [-0.25, -0.2) is 17.6 Å². The van der Waals surface area contributed by atoms with Crippen molar-refractivity contribution < 1.29 is 67.3 Å². The van der Waals surface area contributed by atoms with Crippen molar-refractivity contribution in [3.05, 3.63) is 89.0 Å². The Balaban J connectivity index is 0.00000496. The van der Waals surface area contributed by atoms with Crippen LogP contribution in [0.2, 0.25) is 0 Å². The van der Waals surface area contributed by atoms with Crippen molar-refractivity contribution in [3.63, 3.8) is 0 Å². The van der Waals surface area contributed by atoms with Crippen LogP contribution in [0.1, 0.15) is 109 Å². The summed E-state index contributed by atoms with van der Waals surface area (Å²) in [7, 11) is -8.67. The molecule has 1 unspecified atom stereocenters. The molecular formula is C42H53F4N3O10S2. The average Bonchev–Trinajstić information content (AvgIpc) is 3.57. The van der Waals surface area contributed by atoms with Gasteiger partial charge in [0.2, 0.25) is 5.52 Å². The zero-order valence-electron chi connectivity index (χ0n) is 32.2. The van der Waals surface area contributed by atoms with Gasteiger partial charge in [-0.2, -0.15) is 26.2 Å². The van der Waals surface area contributed by atoms with E-state index in [4.69, 9.17) is 4.84 Å². The first-order valence-electron chi connectivity index (χ1n) is 19.1. The number of imide groups is 1. The SMILES string of the molecule is C.C.CC1(CCCCCC(=O)ON2C(=O)CCC2=O)C(=CC=Cc2cc[n+](CCCCS(=O)(=O)[O-])c3ccccc23)N(CCCCS(=O)(=O)O)c2cc(F)cc(C(F)(F)F)c21. The number of pyridine rings is 1. The number of unbranched alkanes of at least 4 members (excludes halogenated alkanes) is 4. The Kier molecular flexibility index (Phi) is 17.3. The van der Waals surface area contributed by atoms with Crippen LogP contribution in [-0.2, 0) is 57.6 Å². The summed E-state index contributed by atoms with van der Waals surface area (Å²) in [5, 5.41) is 1.25. The predicted molar refractivity (Wildman–Crippen MR) is 221 cm³/mol. The molecule has 0 aliphatic carbocycles. The quantitative estimate of drug-likeness (QED) is 0.0408. The fourth-order valence-corrected chi connectivity index (χ4v) is 8.80. The molecule has 61 heavy (non-hydrogen) atoms. The Morgan fingerprint density at radius 2 is 1.62 bits per heavy atom. The molecule has 2 aromatic carbocycles. The predicted octanol–water partition coefficient (Wildman–Crippen LogP) is 7.78. The number of allylic oxidation sites excluding steroid dienone is 3. The molecule has 5 rings (SSSR count). The minimum Gasteiger partial charge on any atom is -0.748 e. The number of aryl methyl sites for hydroxylation is 1. The highest BCUT2D eigenvalue weighted by Crippen LogP contribution is 2.55. The van der Waals surface area contributed by atoms with E-state index in [1.54, 1.807) is 36.2 Å². The highest BCUT2D eigenvalue weighted by atomic mass is 32.2. The molecular weight excluding hydrogens is 847 g/mol. The van der Waals surface area contributed by atoms with Crippen molar-refractivity contribution in [1.82, 2.24) is 5.06 Å². The minimum atomic E-state index is -4.95. The average molecular weight is 900 g/mol. The van der Waals surface area contributed by atoms with E-state index in [0.717, 1.165) is 22.5 Å². The molecule has 2 aliphatic heterocycles. The zero-order chi connectivity index (χ0) is 43.2. The van der Waals surface area contributed by atoms with Gasteiger partial charge >= 0.3 is 12.1 Å². The Labute approximate surface area is 354 Å². The summed E-state index contributed by atoms with van der Waals surface area (Å²) in [4.78, 5) is 42.5. The van der Waals surface area contributed by atoms with E-state index in [1.165, 1.54) is 0 Å². The Morgan fingerprint density at radius 1 is 0.951 bits per heavy atom. The largest absolute Gasteiger partial charge is 0.748 e. The number of halogens is 4. The lowest BCUT2D eigenvalue weighted by molar-refractivity contribution is -0.671. The second-order valence-corrected chi connectivity index (χ2v) is 17.9. The van der Waals surface area contributed by atoms with Crippen molar-refractivity contribution in [2.75, 3.05) is 23.0 Å². The molecule has 0 bridgehead atoms. The molecule has 2 aliphatic rings. The van der Waals surface area contributed by atoms with Gasteiger partial charge in [0.1, 0.15) is 12.4 Å². The molecule has 336 valence electrons. The van der Waals surface area contributed by atoms with Crippen LogP contribution in [0.5, 0.6) is 0 Å². The smallest absolute Gasteiger partial charge is 0.416 e. The number of anilines is 1. The molecule has 0 spiro atoms. The van der Waals surface area contributed by atoms with Crippen LogP contribution in [-0.4, -0.2) is 66.8 Å². The van der Waals surface area contributed by atoms with Crippen LogP contribution in [0, 0.1) is 5.82 Å². The summed E-state index contributed by atoms with van der Waals surface area (Å²) in [5.41, 5.74) is -0.831. The summed E-state index contributed by atoms with van der Waals surface area (Å²) in [6, 6.07) is 10.7. The van der Waals surface area contributed by atoms with E-state index in [9.17, 15) is 53.5 Å². The van der Waals surface area contributed by atoms with Gasteiger partial charge in [-0.15, -0.1) is 5.06 Å². The maximum atomic E-state index is 15.1. The molecule has 2 amide bonds. The van der Waals surface area contributed by atoms with Gasteiger partial charge in [0, 0.05) is 66.9 Å². The first-order chi connectivity index (χ1) is 27.7. The van der Waals surface area contributed by atoms with Gasteiger partial charge in [0.05, 0.1) is 26.8 Å². The number of hydroxylamine groups is 2. The van der Waals surface area contributed by atoms with Crippen molar-refractivity contribution in [3.8, 4) is 0 Å². The number of amides is 2. The van der Waals surface area contributed by atoms with E-state index >= 15 is 4.39 Å². The number of para-hydroxylation sites is 1. The first-order valence-corrected chi connectivity index (χ1v) is 22.3. The second-order valence-electron chi connectivity index (χ2n) is 14.8. The lowest BCUT2D eigenvalue weighted by atomic mass is 9.75. The monoisotopic (exact) mass is 899 g/mol. The third-order valence-electron chi connectivity index (χ3n) is 10.4. The first kappa shape index (κ1) is 50.6. The van der Waals surface area contributed by atoms with Crippen molar-refractivity contribution in [2.45, 2.75) is 111 Å². The summed E-state index contributed by atoms with van der Waals surface area (Å²) >= 11 is 0. The van der Waals surface area contributed by atoms with Crippen molar-refractivity contribution in [2.24, 2.45) is 0 Å². The number of aromatic nitrogens is 1. The third-order valence-corrected chi connectivity index (χ3v) is 12.0. The molecule has 19 heteroatoms. The highest BCUT2D eigenvalue weighted by molar-refractivity contribution is 7.85. The maximum Gasteiger partial charge on any atom is 0.416 e. The molecule has 1 atom stereocenters. The normalized spacial score (nSPS) is 17.6. The Bertz CT molecular complexity index is 2350. The molecule has 3 aromatic rings. The molecule has 13 nitrogen and oxygen atoms in total. The highest BCUT2D eigenvalue weighted by Gasteiger charge is 2.49. The van der Waals surface area contributed by atoms with E-state index in [0.29, 0.717) is 42.6 Å². The van der Waals surface area contributed by atoms with Crippen LogP contribution < -0.4 is 9.47 Å². The van der Waals surface area contributed by atoms with E-state index in [1.807, 2.05) is 34.9 Å². The molecule has 0 saturated carbocycles. The fourth-order valence-electron chi connectivity index (χ4n) is 7.67. The maximum absolute atomic E-state index is 15.1. The van der Waals surface area contributed by atoms with E-state index < -0.39 is 72.5 Å². The molecule has 1 fully saturated rings. The van der Waals surface area contributed by atoms with Gasteiger partial charge in [0.15, 0.2) is 6.20 Å². The van der Waals surface area contributed by atoms with E-state index in [2.05, 4.69) is 0 Å². The second kappa shape index (κ2) is 20.9. The van der Waals surface area contributed by atoms with Crippen LogP contribution in [0.3, 0.4) is 0 Å². The molecule has 1 N–H and O–H groups in total. The molecule has 0 radical (unpaired) electrons. The number of rotatable bonds is 19. The van der Waals surface area contributed by atoms with E-state index in [-0.39, 0.29) is 84.0 Å². The van der Waals surface area contributed by atoms with Gasteiger partial charge in [-0.3, -0.25) is 14.1 Å². The van der Waals surface area contributed by atoms with Crippen LogP contribution in [0.25, 0.3) is 17.0 Å². The Morgan fingerprint density at radius 3 is 2.28 bits per heavy atom. The fraction of sp³-hybridized carbons (Fsp3) is 0.476. The topological polar surface area (TPSA) is 182 Å². The van der Waals surface area contributed by atoms with Crippen molar-refractivity contribution in [1.29, 1.82) is 0 Å². The number of carbonyl (C=O) groups excluding carboxylic acids is 3. The third kappa shape index (κ3) is 13.1. The molecule has 3 heterocycles. The summed E-state index contributed by atoms with van der Waals surface area (Å²) in [6.45, 7) is 2.04. The van der Waals surface area contributed by atoms with Gasteiger partial charge in [-0.1, -0.05) is 52.0 Å². The number of hydrogen-bond donors (Lipinski definition) is 1. The van der Waals surface area contributed by atoms with Gasteiger partial charge < -0.3 is 14.3 Å². The zero-order valence-corrected chi connectivity index (χ0v) is 33.9. The number of fused-ring (bicyclic) bond motifs is 2. The van der Waals surface area contributed by atoms with Crippen LogP contribution >= 0.6 is 0 Å². The standard InChI is InChI=1S/C40H45F4N3O10S2.2CH4/c1-39(20-6-2-3-16-37(50)57-47-35(48)17-18-36(47)49)34(46(22-8-10-25-59(54,55)56)33-27-29(41)26-31(38(33)39)40(42,43)44)15-11-12-28-19-23-45(21-7-9-24-58(51,52)53)32-14-5-4-13-30(28)32;;/h4-5,11-15,19,23,26-27H,2-3,6-10,16-18,20-22,24-25H2,1H3,(H-,51,52,53,54,55,56);2*1H4. The summed E-state index contributed by atoms with van der Waals surface area (Å²) in [5.74, 6) is -4.24. The van der Waals surface area contributed by atoms with Crippen molar-refractivity contribution >= 4 is 60.7 Å². The number of hydrogen-bond acceptors (Lipinski definition) is 10.